The van der Waals surface area contributed by atoms with E-state index >= 15 is 0 Å². The Morgan fingerprint density at radius 2 is 2.33 bits per heavy atom. The summed E-state index contributed by atoms with van der Waals surface area (Å²) in [5.41, 5.74) is 1.43. The maximum absolute atomic E-state index is 3.24. The smallest absolute Gasteiger partial charge is 0.0178 e. The predicted molar refractivity (Wildman–Crippen MR) is 37.4 cm³/mol. The van der Waals surface area contributed by atoms with Crippen LogP contribution in [-0.2, 0) is 0 Å². The van der Waals surface area contributed by atoms with Crippen molar-refractivity contribution in [1.82, 2.24) is 4.98 Å². The van der Waals surface area contributed by atoms with E-state index in [0.717, 1.165) is 5.92 Å². The Balaban J connectivity index is 2.14. The number of rotatable bonds is 1. The van der Waals surface area contributed by atoms with Gasteiger partial charge in [-0.05, 0) is 30.9 Å². The van der Waals surface area contributed by atoms with Gasteiger partial charge in [-0.15, -0.1) is 0 Å². The molecule has 1 fully saturated rings. The summed E-state index contributed by atoms with van der Waals surface area (Å²) >= 11 is 0. The Bertz CT molecular complexity index is 172. The van der Waals surface area contributed by atoms with Gasteiger partial charge in [-0.1, -0.05) is 6.42 Å². The quantitative estimate of drug-likeness (QED) is 0.586. The van der Waals surface area contributed by atoms with Gasteiger partial charge in [-0.3, -0.25) is 0 Å². The van der Waals surface area contributed by atoms with Crippen molar-refractivity contribution >= 4 is 0 Å². The van der Waals surface area contributed by atoms with Crippen molar-refractivity contribution in [3.63, 3.8) is 0 Å². The first-order valence-corrected chi connectivity index (χ1v) is 3.60. The summed E-state index contributed by atoms with van der Waals surface area (Å²) in [5.74, 6) is 0.861. The largest absolute Gasteiger partial charge is 0.365 e. The van der Waals surface area contributed by atoms with Crippen LogP contribution < -0.4 is 0 Å². The normalized spacial score (nSPS) is 19.6. The van der Waals surface area contributed by atoms with Gasteiger partial charge in [0.15, 0.2) is 0 Å². The third-order valence-electron chi connectivity index (χ3n) is 2.17. The highest BCUT2D eigenvalue weighted by Gasteiger charge is 2.19. The average molecular weight is 121 g/mol. The van der Waals surface area contributed by atoms with Gasteiger partial charge >= 0.3 is 0 Å². The molecule has 1 aliphatic carbocycles. The summed E-state index contributed by atoms with van der Waals surface area (Å²) in [6.45, 7) is 0. The Morgan fingerprint density at radius 3 is 2.78 bits per heavy atom. The molecule has 0 aromatic carbocycles. The zero-order valence-corrected chi connectivity index (χ0v) is 5.43. The average Bonchev–Trinajstić information content (AvgIpc) is 2.11. The fraction of sp³-hybridized carbons (Fsp3) is 0.500. The first-order valence-electron chi connectivity index (χ1n) is 3.60. The van der Waals surface area contributed by atoms with Gasteiger partial charge in [0, 0.05) is 11.9 Å². The lowest BCUT2D eigenvalue weighted by molar-refractivity contribution is 0.412. The lowest BCUT2D eigenvalue weighted by Crippen LogP contribution is -2.08. The van der Waals surface area contributed by atoms with E-state index in [-0.39, 0.29) is 0 Å². The van der Waals surface area contributed by atoms with Crippen LogP contribution in [0, 0.1) is 0 Å². The molecule has 0 bridgehead atoms. The number of H-pyrrole nitrogens is 1. The lowest BCUT2D eigenvalue weighted by atomic mass is 9.83. The van der Waals surface area contributed by atoms with Crippen molar-refractivity contribution in [3.05, 3.63) is 24.0 Å². The molecular weight excluding hydrogens is 110 g/mol. The molecule has 1 N–H and O–H groups in total. The molecule has 2 rings (SSSR count). The van der Waals surface area contributed by atoms with Gasteiger partial charge in [-0.25, -0.2) is 0 Å². The Kier molecular flexibility index (Phi) is 1.08. The van der Waals surface area contributed by atoms with E-state index in [1.807, 2.05) is 6.20 Å². The molecule has 48 valence electrons. The molecule has 1 aromatic heterocycles. The molecule has 0 amide bonds. The van der Waals surface area contributed by atoms with Crippen LogP contribution in [0.15, 0.2) is 18.3 Å². The van der Waals surface area contributed by atoms with Crippen LogP contribution in [0.2, 0.25) is 0 Å². The van der Waals surface area contributed by atoms with E-state index in [0.29, 0.717) is 0 Å². The van der Waals surface area contributed by atoms with Gasteiger partial charge in [0.05, 0.1) is 0 Å². The van der Waals surface area contributed by atoms with E-state index in [9.17, 15) is 0 Å². The van der Waals surface area contributed by atoms with E-state index in [4.69, 9.17) is 0 Å². The Morgan fingerprint density at radius 1 is 1.44 bits per heavy atom. The van der Waals surface area contributed by atoms with Crippen molar-refractivity contribution in [3.8, 4) is 0 Å². The minimum Gasteiger partial charge on any atom is -0.365 e. The summed E-state index contributed by atoms with van der Waals surface area (Å²) in [7, 11) is 0. The lowest BCUT2D eigenvalue weighted by Gasteiger charge is -2.23. The van der Waals surface area contributed by atoms with Crippen LogP contribution in [-0.4, -0.2) is 4.98 Å². The molecule has 0 atom stereocenters. The van der Waals surface area contributed by atoms with Crippen molar-refractivity contribution < 1.29 is 0 Å². The molecule has 0 saturated heterocycles. The molecule has 1 nitrogen and oxygen atoms in total. The fourth-order valence-corrected chi connectivity index (χ4v) is 1.32. The van der Waals surface area contributed by atoms with Crippen molar-refractivity contribution in [1.29, 1.82) is 0 Å². The first-order chi connectivity index (χ1) is 4.47. The van der Waals surface area contributed by atoms with E-state index in [1.165, 1.54) is 25.0 Å². The number of hydrogen-bond acceptors (Lipinski definition) is 0. The molecule has 1 heterocycles. The molecule has 0 unspecified atom stereocenters. The number of hydrogen-bond donors (Lipinski definition) is 1. The molecule has 0 radical (unpaired) electrons. The molecule has 1 aliphatic rings. The van der Waals surface area contributed by atoms with Crippen LogP contribution in [0.25, 0.3) is 0 Å². The van der Waals surface area contributed by atoms with E-state index in [1.54, 1.807) is 0 Å². The molecule has 0 aliphatic heterocycles. The second-order valence-electron chi connectivity index (χ2n) is 2.75. The number of aromatic nitrogens is 1. The van der Waals surface area contributed by atoms with Gasteiger partial charge < -0.3 is 4.98 Å². The second kappa shape index (κ2) is 1.90. The number of nitrogens with one attached hydrogen (secondary N) is 1. The summed E-state index contributed by atoms with van der Waals surface area (Å²) in [4.78, 5) is 3.24. The Labute approximate surface area is 55.1 Å². The SMILES string of the molecule is c1c[nH]c(C2CCC2)c1. The highest BCUT2D eigenvalue weighted by Crippen LogP contribution is 2.34. The van der Waals surface area contributed by atoms with Crippen molar-refractivity contribution in [2.24, 2.45) is 0 Å². The van der Waals surface area contributed by atoms with Crippen LogP contribution in [0.5, 0.6) is 0 Å². The third kappa shape index (κ3) is 0.766. The van der Waals surface area contributed by atoms with Gasteiger partial charge in [0.2, 0.25) is 0 Å². The molecule has 1 heteroatoms. The molecule has 1 aromatic rings. The molecule has 1 saturated carbocycles. The second-order valence-corrected chi connectivity index (χ2v) is 2.75. The minimum atomic E-state index is 0.861. The molecule has 0 spiro atoms. The maximum atomic E-state index is 3.24. The highest BCUT2D eigenvalue weighted by atomic mass is 14.7. The van der Waals surface area contributed by atoms with Crippen LogP contribution >= 0.6 is 0 Å². The predicted octanol–water partition coefficient (Wildman–Crippen LogP) is 2.28. The summed E-state index contributed by atoms with van der Waals surface area (Å²) < 4.78 is 0. The minimum absolute atomic E-state index is 0.861. The summed E-state index contributed by atoms with van der Waals surface area (Å²) in [5, 5.41) is 0. The monoisotopic (exact) mass is 121 g/mol. The highest BCUT2D eigenvalue weighted by molar-refractivity contribution is 5.11. The molecule has 9 heavy (non-hydrogen) atoms. The van der Waals surface area contributed by atoms with Gasteiger partial charge in [0.25, 0.3) is 0 Å². The Hall–Kier alpha value is -0.720. The van der Waals surface area contributed by atoms with E-state index < -0.39 is 0 Å². The van der Waals surface area contributed by atoms with Gasteiger partial charge in [0.1, 0.15) is 0 Å². The molecular formula is C8H11N. The third-order valence-corrected chi connectivity index (χ3v) is 2.17. The maximum Gasteiger partial charge on any atom is 0.0178 e. The topological polar surface area (TPSA) is 15.8 Å². The van der Waals surface area contributed by atoms with Crippen LogP contribution in [0.1, 0.15) is 30.9 Å². The first kappa shape index (κ1) is 5.10. The van der Waals surface area contributed by atoms with Gasteiger partial charge in [-0.2, -0.15) is 0 Å². The fourth-order valence-electron chi connectivity index (χ4n) is 1.32. The zero-order chi connectivity index (χ0) is 6.10. The van der Waals surface area contributed by atoms with Crippen molar-refractivity contribution in [2.75, 3.05) is 0 Å². The summed E-state index contributed by atoms with van der Waals surface area (Å²) in [6.07, 6.45) is 6.21. The summed E-state index contributed by atoms with van der Waals surface area (Å²) in [6, 6.07) is 4.26. The van der Waals surface area contributed by atoms with E-state index in [2.05, 4.69) is 17.1 Å². The van der Waals surface area contributed by atoms with Crippen LogP contribution in [0.4, 0.5) is 0 Å². The zero-order valence-electron chi connectivity index (χ0n) is 5.43. The van der Waals surface area contributed by atoms with Crippen LogP contribution in [0.3, 0.4) is 0 Å². The standard InChI is InChI=1S/C8H11N/c1-3-7(4-1)8-5-2-6-9-8/h2,5-7,9H,1,3-4H2. The van der Waals surface area contributed by atoms with Crippen molar-refractivity contribution in [2.45, 2.75) is 25.2 Å². The number of aromatic amines is 1.